The van der Waals surface area contributed by atoms with E-state index in [1.807, 2.05) is 12.1 Å². The molecule has 1 amide bonds. The summed E-state index contributed by atoms with van der Waals surface area (Å²) in [5, 5.41) is 2.72. The number of hydrogen-bond donors (Lipinski definition) is 2. The lowest BCUT2D eigenvalue weighted by molar-refractivity contribution is -0.117. The van der Waals surface area contributed by atoms with Gasteiger partial charge in [-0.1, -0.05) is 48.5 Å². The summed E-state index contributed by atoms with van der Waals surface area (Å²) in [6.45, 7) is 1.53. The maximum absolute atomic E-state index is 12.5. The number of benzene rings is 2. The third-order valence-corrected chi connectivity index (χ3v) is 4.47. The molecule has 2 rings (SSSR count). The second-order valence-electron chi connectivity index (χ2n) is 4.72. The zero-order valence-electron chi connectivity index (χ0n) is 12.2. The number of carbonyl (C=O) groups is 1. The lowest BCUT2D eigenvalue weighted by Crippen LogP contribution is -2.37. The highest BCUT2D eigenvalue weighted by Crippen LogP contribution is 2.17. The molecule has 0 spiro atoms. The van der Waals surface area contributed by atoms with Crippen LogP contribution in [0.5, 0.6) is 0 Å². The van der Waals surface area contributed by atoms with E-state index in [1.165, 1.54) is 6.92 Å². The first kappa shape index (κ1) is 16.2. The van der Waals surface area contributed by atoms with Crippen molar-refractivity contribution in [3.63, 3.8) is 0 Å². The van der Waals surface area contributed by atoms with Crippen LogP contribution >= 0.6 is 0 Å². The number of rotatable bonds is 6. The van der Waals surface area contributed by atoms with Crippen molar-refractivity contribution in [2.24, 2.45) is 0 Å². The third kappa shape index (κ3) is 4.41. The van der Waals surface area contributed by atoms with Crippen molar-refractivity contribution in [2.45, 2.75) is 13.0 Å². The first-order valence-corrected chi connectivity index (χ1v) is 8.58. The van der Waals surface area contributed by atoms with Crippen LogP contribution in [0.15, 0.2) is 60.7 Å². The van der Waals surface area contributed by atoms with Crippen LogP contribution < -0.4 is 10.0 Å². The molecule has 0 heterocycles. The lowest BCUT2D eigenvalue weighted by atomic mass is 10.1. The number of hydrogen-bond acceptors (Lipinski definition) is 3. The smallest absolute Gasteiger partial charge is 0.247 e. The Bertz CT molecular complexity index is 716. The average Bonchev–Trinajstić information content (AvgIpc) is 2.54. The average molecular weight is 318 g/mol. The zero-order valence-corrected chi connectivity index (χ0v) is 13.0. The molecule has 116 valence electrons. The Morgan fingerprint density at radius 1 is 1.00 bits per heavy atom. The molecule has 5 nitrogen and oxygen atoms in total. The predicted molar refractivity (Wildman–Crippen MR) is 86.9 cm³/mol. The van der Waals surface area contributed by atoms with Crippen LogP contribution in [0.25, 0.3) is 0 Å². The van der Waals surface area contributed by atoms with Gasteiger partial charge in [-0.05, 0) is 24.6 Å². The minimum absolute atomic E-state index is 0.0883. The summed E-state index contributed by atoms with van der Waals surface area (Å²) >= 11 is 0. The van der Waals surface area contributed by atoms with Crippen molar-refractivity contribution in [1.82, 2.24) is 4.72 Å². The number of nitrogens with one attached hydrogen (secondary N) is 2. The van der Waals surface area contributed by atoms with E-state index >= 15 is 0 Å². The van der Waals surface area contributed by atoms with Gasteiger partial charge in [0.15, 0.2) is 0 Å². The van der Waals surface area contributed by atoms with Crippen molar-refractivity contribution in [1.29, 1.82) is 0 Å². The fourth-order valence-electron chi connectivity index (χ4n) is 1.92. The molecule has 0 aliphatic rings. The van der Waals surface area contributed by atoms with Crippen LogP contribution in [0, 0.1) is 0 Å². The summed E-state index contributed by atoms with van der Waals surface area (Å²) < 4.78 is 26.1. The van der Waals surface area contributed by atoms with E-state index in [4.69, 9.17) is 0 Å². The Morgan fingerprint density at radius 2 is 1.55 bits per heavy atom. The van der Waals surface area contributed by atoms with Crippen LogP contribution in [-0.4, -0.2) is 20.1 Å². The summed E-state index contributed by atoms with van der Waals surface area (Å²) in [5.74, 6) is -0.510. The Hall–Kier alpha value is -2.18. The van der Waals surface area contributed by atoms with E-state index in [0.29, 0.717) is 11.3 Å². The maximum atomic E-state index is 12.5. The molecule has 1 unspecified atom stereocenters. The molecular weight excluding hydrogens is 300 g/mol. The fraction of sp³-hybridized carbons (Fsp3) is 0.188. The van der Waals surface area contributed by atoms with E-state index < -0.39 is 22.0 Å². The SMILES string of the molecule is CCS(=O)(=O)NC(C(=O)Nc1ccccc1)c1ccccc1. The van der Waals surface area contributed by atoms with E-state index in [9.17, 15) is 13.2 Å². The Balaban J connectivity index is 2.26. The molecule has 0 fully saturated rings. The van der Waals surface area contributed by atoms with Crippen molar-refractivity contribution in [3.8, 4) is 0 Å². The molecule has 0 saturated heterocycles. The van der Waals surface area contributed by atoms with Gasteiger partial charge in [-0.3, -0.25) is 4.79 Å². The normalized spacial score (nSPS) is 12.6. The summed E-state index contributed by atoms with van der Waals surface area (Å²) in [4.78, 5) is 12.5. The first-order valence-electron chi connectivity index (χ1n) is 6.92. The highest BCUT2D eigenvalue weighted by atomic mass is 32.2. The van der Waals surface area contributed by atoms with Crippen LogP contribution in [0.2, 0.25) is 0 Å². The molecule has 2 aromatic rings. The first-order chi connectivity index (χ1) is 10.5. The zero-order chi connectivity index (χ0) is 16.0. The van der Waals surface area contributed by atoms with Gasteiger partial charge in [0.25, 0.3) is 0 Å². The highest BCUT2D eigenvalue weighted by molar-refractivity contribution is 7.89. The molecule has 0 radical (unpaired) electrons. The molecule has 0 aliphatic carbocycles. The Morgan fingerprint density at radius 3 is 2.09 bits per heavy atom. The molecule has 6 heteroatoms. The van der Waals surface area contributed by atoms with Crippen LogP contribution in [0.4, 0.5) is 5.69 Å². The number of anilines is 1. The number of carbonyl (C=O) groups excluding carboxylic acids is 1. The van der Waals surface area contributed by atoms with Gasteiger partial charge in [0.1, 0.15) is 6.04 Å². The van der Waals surface area contributed by atoms with Crippen molar-refractivity contribution >= 4 is 21.6 Å². The van der Waals surface area contributed by atoms with Gasteiger partial charge in [0, 0.05) is 5.69 Å². The van der Waals surface area contributed by atoms with E-state index in [-0.39, 0.29) is 5.75 Å². The van der Waals surface area contributed by atoms with Crippen molar-refractivity contribution < 1.29 is 13.2 Å². The van der Waals surface area contributed by atoms with Crippen LogP contribution in [0.1, 0.15) is 18.5 Å². The molecule has 0 aliphatic heterocycles. The van der Waals surface area contributed by atoms with Crippen molar-refractivity contribution in [2.75, 3.05) is 11.1 Å². The molecule has 2 N–H and O–H groups in total. The Labute approximate surface area is 130 Å². The van der Waals surface area contributed by atoms with E-state index in [0.717, 1.165) is 0 Å². The molecule has 0 aromatic heterocycles. The molecule has 22 heavy (non-hydrogen) atoms. The van der Waals surface area contributed by atoms with Gasteiger partial charge in [-0.15, -0.1) is 0 Å². The molecule has 1 atom stereocenters. The molecular formula is C16H18N2O3S. The largest absolute Gasteiger partial charge is 0.324 e. The minimum Gasteiger partial charge on any atom is -0.324 e. The van der Waals surface area contributed by atoms with Gasteiger partial charge < -0.3 is 5.32 Å². The Kier molecular flexibility index (Phi) is 5.30. The number of amides is 1. The second kappa shape index (κ2) is 7.20. The lowest BCUT2D eigenvalue weighted by Gasteiger charge is -2.18. The highest BCUT2D eigenvalue weighted by Gasteiger charge is 2.25. The summed E-state index contributed by atoms with van der Waals surface area (Å²) in [5.41, 5.74) is 1.21. The van der Waals surface area contributed by atoms with Crippen molar-refractivity contribution in [3.05, 3.63) is 66.2 Å². The summed E-state index contributed by atoms with van der Waals surface area (Å²) in [6, 6.07) is 16.7. The maximum Gasteiger partial charge on any atom is 0.247 e. The monoisotopic (exact) mass is 318 g/mol. The quantitative estimate of drug-likeness (QED) is 0.858. The second-order valence-corrected chi connectivity index (χ2v) is 6.76. The predicted octanol–water partition coefficient (Wildman–Crippen LogP) is 2.31. The van der Waals surface area contributed by atoms with Crippen LogP contribution in [-0.2, 0) is 14.8 Å². The minimum atomic E-state index is -3.51. The van der Waals surface area contributed by atoms with Gasteiger partial charge in [-0.2, -0.15) is 4.72 Å². The van der Waals surface area contributed by atoms with Crippen LogP contribution in [0.3, 0.4) is 0 Å². The van der Waals surface area contributed by atoms with Gasteiger partial charge in [0.05, 0.1) is 5.75 Å². The molecule has 0 saturated carbocycles. The molecule has 2 aromatic carbocycles. The van der Waals surface area contributed by atoms with E-state index in [1.54, 1.807) is 48.5 Å². The third-order valence-electron chi connectivity index (χ3n) is 3.11. The number of sulfonamides is 1. The van der Waals surface area contributed by atoms with E-state index in [2.05, 4.69) is 10.0 Å². The van der Waals surface area contributed by atoms with Gasteiger partial charge in [0.2, 0.25) is 15.9 Å². The fourth-order valence-corrected chi connectivity index (χ4v) is 2.69. The van der Waals surface area contributed by atoms with Gasteiger partial charge in [-0.25, -0.2) is 8.42 Å². The topological polar surface area (TPSA) is 75.3 Å². The standard InChI is InChI=1S/C16H18N2O3S/c1-2-22(20,21)18-15(13-9-5-3-6-10-13)16(19)17-14-11-7-4-8-12-14/h3-12,15,18H,2H2,1H3,(H,17,19). The molecule has 0 bridgehead atoms. The summed E-state index contributed by atoms with van der Waals surface area (Å²) in [6.07, 6.45) is 0. The number of para-hydroxylation sites is 1. The van der Waals surface area contributed by atoms with Gasteiger partial charge >= 0.3 is 0 Å². The summed E-state index contributed by atoms with van der Waals surface area (Å²) in [7, 11) is -3.51.